The van der Waals surface area contributed by atoms with Gasteiger partial charge in [0.05, 0.1) is 12.1 Å². The average Bonchev–Trinajstić information content (AvgIpc) is 2.29. The summed E-state index contributed by atoms with van der Waals surface area (Å²) >= 11 is 0. The average molecular weight is 196 g/mol. The number of nitrogens with zero attached hydrogens (tertiary/aromatic N) is 2. The Morgan fingerprint density at radius 2 is 2.20 bits per heavy atom. The minimum atomic E-state index is 0.646. The van der Waals surface area contributed by atoms with E-state index >= 15 is 0 Å². The summed E-state index contributed by atoms with van der Waals surface area (Å²) in [6.07, 6.45) is 5.42. The zero-order chi connectivity index (χ0) is 10.5. The Morgan fingerprint density at radius 3 is 3.07 bits per heavy atom. The molecule has 0 spiro atoms. The van der Waals surface area contributed by atoms with E-state index in [-0.39, 0.29) is 0 Å². The largest absolute Gasteiger partial charge is 0.288 e. The van der Waals surface area contributed by atoms with E-state index in [0.717, 1.165) is 16.5 Å². The zero-order valence-corrected chi connectivity index (χ0v) is 8.43. The molecule has 0 radical (unpaired) electrons. The summed E-state index contributed by atoms with van der Waals surface area (Å²) in [7, 11) is 0. The third-order valence-corrected chi connectivity index (χ3v) is 2.09. The number of benzene rings is 1. The number of hydrogen-bond acceptors (Lipinski definition) is 2. The fraction of sp³-hybridized carbons (Fsp3) is 0.0769. The number of pyridine rings is 1. The van der Waals surface area contributed by atoms with Gasteiger partial charge in [0.15, 0.2) is 0 Å². The summed E-state index contributed by atoms with van der Waals surface area (Å²) in [6.45, 7) is 4.26. The minimum absolute atomic E-state index is 0.646. The van der Waals surface area contributed by atoms with Crippen LogP contribution in [-0.4, -0.2) is 17.7 Å². The highest BCUT2D eigenvalue weighted by Crippen LogP contribution is 2.11. The second kappa shape index (κ2) is 4.51. The molecule has 2 rings (SSSR count). The minimum Gasteiger partial charge on any atom is -0.288 e. The van der Waals surface area contributed by atoms with E-state index in [4.69, 9.17) is 0 Å². The normalized spacial score (nSPS) is 10.9. The molecule has 0 amide bonds. The molecule has 0 aliphatic rings. The van der Waals surface area contributed by atoms with Gasteiger partial charge in [-0.2, -0.15) is 0 Å². The van der Waals surface area contributed by atoms with Crippen molar-refractivity contribution < 1.29 is 0 Å². The van der Waals surface area contributed by atoms with Gasteiger partial charge in [0.1, 0.15) is 0 Å². The molecule has 0 fully saturated rings. The summed E-state index contributed by atoms with van der Waals surface area (Å²) < 4.78 is 0. The lowest BCUT2D eigenvalue weighted by molar-refractivity contribution is 1.26. The highest BCUT2D eigenvalue weighted by Gasteiger charge is 1.93. The van der Waals surface area contributed by atoms with Crippen LogP contribution in [-0.2, 0) is 0 Å². The van der Waals surface area contributed by atoms with Crippen LogP contribution in [0.2, 0.25) is 0 Å². The van der Waals surface area contributed by atoms with Crippen molar-refractivity contribution in [2.75, 3.05) is 6.54 Å². The van der Waals surface area contributed by atoms with Crippen LogP contribution in [0.1, 0.15) is 5.56 Å². The molecule has 0 aliphatic heterocycles. The molecule has 74 valence electrons. The second-order valence-corrected chi connectivity index (χ2v) is 3.24. The smallest absolute Gasteiger partial charge is 0.0702 e. The SMILES string of the molecule is C=CCN=Cc1cnc2ccccc2c1. The van der Waals surface area contributed by atoms with Crippen LogP contribution in [0.5, 0.6) is 0 Å². The molecule has 2 nitrogen and oxygen atoms in total. The van der Waals surface area contributed by atoms with Gasteiger partial charge in [0, 0.05) is 23.4 Å². The molecule has 2 aromatic rings. The van der Waals surface area contributed by atoms with Gasteiger partial charge in [-0.25, -0.2) is 0 Å². The predicted molar refractivity (Wildman–Crippen MR) is 64.4 cm³/mol. The highest BCUT2D eigenvalue weighted by molar-refractivity contribution is 5.87. The van der Waals surface area contributed by atoms with E-state index in [1.807, 2.05) is 36.7 Å². The van der Waals surface area contributed by atoms with Crippen molar-refractivity contribution in [1.82, 2.24) is 4.98 Å². The maximum Gasteiger partial charge on any atom is 0.0702 e. The van der Waals surface area contributed by atoms with E-state index in [1.165, 1.54) is 0 Å². The van der Waals surface area contributed by atoms with Gasteiger partial charge in [0.25, 0.3) is 0 Å². The Labute approximate surface area is 89.0 Å². The number of fused-ring (bicyclic) bond motifs is 1. The van der Waals surface area contributed by atoms with E-state index in [2.05, 4.69) is 22.6 Å². The molecule has 2 heteroatoms. The first-order chi connectivity index (χ1) is 7.40. The van der Waals surface area contributed by atoms with Gasteiger partial charge < -0.3 is 0 Å². The topological polar surface area (TPSA) is 25.2 Å². The molecule has 15 heavy (non-hydrogen) atoms. The summed E-state index contributed by atoms with van der Waals surface area (Å²) in [5.74, 6) is 0. The number of aromatic nitrogens is 1. The van der Waals surface area contributed by atoms with Gasteiger partial charge in [-0.3, -0.25) is 9.98 Å². The van der Waals surface area contributed by atoms with Crippen LogP contribution in [0.3, 0.4) is 0 Å². The maximum atomic E-state index is 4.34. The molecule has 0 unspecified atom stereocenters. The van der Waals surface area contributed by atoms with Crippen LogP contribution >= 0.6 is 0 Å². The third-order valence-electron chi connectivity index (χ3n) is 2.09. The molecule has 0 atom stereocenters. The maximum absolute atomic E-state index is 4.34. The Hall–Kier alpha value is -1.96. The molecule has 0 saturated heterocycles. The van der Waals surface area contributed by atoms with Gasteiger partial charge >= 0.3 is 0 Å². The zero-order valence-electron chi connectivity index (χ0n) is 8.43. The fourth-order valence-corrected chi connectivity index (χ4v) is 1.39. The Morgan fingerprint density at radius 1 is 1.33 bits per heavy atom. The number of aliphatic imine (C=N–C) groups is 1. The van der Waals surface area contributed by atoms with Crippen molar-refractivity contribution in [1.29, 1.82) is 0 Å². The van der Waals surface area contributed by atoms with Crippen molar-refractivity contribution in [3.63, 3.8) is 0 Å². The second-order valence-electron chi connectivity index (χ2n) is 3.24. The van der Waals surface area contributed by atoms with Crippen molar-refractivity contribution in [3.05, 3.63) is 54.7 Å². The van der Waals surface area contributed by atoms with Gasteiger partial charge in [-0.05, 0) is 12.1 Å². The molecule has 0 saturated carbocycles. The first-order valence-electron chi connectivity index (χ1n) is 4.85. The molecule has 1 aromatic heterocycles. The molecular formula is C13H12N2. The van der Waals surface area contributed by atoms with Gasteiger partial charge in [-0.1, -0.05) is 24.3 Å². The van der Waals surface area contributed by atoms with Crippen molar-refractivity contribution in [2.24, 2.45) is 4.99 Å². The monoisotopic (exact) mass is 196 g/mol. The molecule has 1 aromatic carbocycles. The predicted octanol–water partition coefficient (Wildman–Crippen LogP) is 2.84. The summed E-state index contributed by atoms with van der Waals surface area (Å²) in [6, 6.07) is 10.1. The molecular weight excluding hydrogens is 184 g/mol. The molecule has 0 aliphatic carbocycles. The lowest BCUT2D eigenvalue weighted by Gasteiger charge is -1.97. The van der Waals surface area contributed by atoms with Gasteiger partial charge in [-0.15, -0.1) is 6.58 Å². The molecule has 0 N–H and O–H groups in total. The van der Waals surface area contributed by atoms with Crippen molar-refractivity contribution in [3.8, 4) is 0 Å². The Balaban J connectivity index is 2.34. The van der Waals surface area contributed by atoms with E-state index < -0.39 is 0 Å². The Bertz CT molecular complexity index is 501. The van der Waals surface area contributed by atoms with Crippen molar-refractivity contribution >= 4 is 17.1 Å². The first kappa shape index (κ1) is 9.59. The van der Waals surface area contributed by atoms with Crippen LogP contribution in [0.4, 0.5) is 0 Å². The summed E-state index contributed by atoms with van der Waals surface area (Å²) in [5.41, 5.74) is 2.04. The summed E-state index contributed by atoms with van der Waals surface area (Å²) in [5, 5.41) is 1.14. The van der Waals surface area contributed by atoms with Gasteiger partial charge in [0.2, 0.25) is 0 Å². The van der Waals surface area contributed by atoms with E-state index in [9.17, 15) is 0 Å². The van der Waals surface area contributed by atoms with Crippen LogP contribution in [0.25, 0.3) is 10.9 Å². The van der Waals surface area contributed by atoms with Crippen LogP contribution in [0.15, 0.2) is 54.2 Å². The fourth-order valence-electron chi connectivity index (χ4n) is 1.39. The Kier molecular flexibility index (Phi) is 2.88. The number of para-hydroxylation sites is 1. The third kappa shape index (κ3) is 2.29. The quantitative estimate of drug-likeness (QED) is 0.547. The number of rotatable bonds is 3. The lowest BCUT2D eigenvalue weighted by atomic mass is 10.2. The first-order valence-corrected chi connectivity index (χ1v) is 4.85. The van der Waals surface area contributed by atoms with E-state index in [0.29, 0.717) is 6.54 Å². The molecule has 1 heterocycles. The summed E-state index contributed by atoms with van der Waals surface area (Å²) in [4.78, 5) is 8.53. The highest BCUT2D eigenvalue weighted by atomic mass is 14.7. The van der Waals surface area contributed by atoms with Crippen LogP contribution in [0, 0.1) is 0 Å². The van der Waals surface area contributed by atoms with Crippen molar-refractivity contribution in [2.45, 2.75) is 0 Å². The van der Waals surface area contributed by atoms with E-state index in [1.54, 1.807) is 6.08 Å². The van der Waals surface area contributed by atoms with Crippen LogP contribution < -0.4 is 0 Å². The lowest BCUT2D eigenvalue weighted by Crippen LogP contribution is -1.86. The number of hydrogen-bond donors (Lipinski definition) is 0. The standard InChI is InChI=1S/C13H12N2/c1-2-7-14-9-11-8-12-5-3-4-6-13(12)15-10-11/h2-6,8-10H,1,7H2. The molecule has 0 bridgehead atoms.